The molecule has 5 N–H and O–H groups in total. The van der Waals surface area contributed by atoms with E-state index in [-0.39, 0.29) is 30.2 Å². The molecule has 0 unspecified atom stereocenters. The first-order valence-electron chi connectivity index (χ1n) is 16.4. The number of benzene rings is 3. The summed E-state index contributed by atoms with van der Waals surface area (Å²) in [5.74, 6) is -1.60. The van der Waals surface area contributed by atoms with Crippen molar-refractivity contribution in [3.8, 4) is 5.75 Å². The van der Waals surface area contributed by atoms with Crippen molar-refractivity contribution in [2.75, 3.05) is 26.7 Å². The molecule has 0 saturated carbocycles. The van der Waals surface area contributed by atoms with Gasteiger partial charge in [-0.15, -0.1) is 0 Å². The van der Waals surface area contributed by atoms with Crippen molar-refractivity contribution < 1.29 is 29.0 Å². The summed E-state index contributed by atoms with van der Waals surface area (Å²) in [6.45, 7) is 1.45. The molecule has 10 nitrogen and oxygen atoms in total. The number of carbonyl (C=O) groups excluding carboxylic acids is 3. The number of nitrogens with two attached hydrogens (primary N) is 1. The highest BCUT2D eigenvalue weighted by Gasteiger charge is 2.49. The molecule has 1 saturated heterocycles. The maximum Gasteiger partial charge on any atom is 0.326 e. The largest absolute Gasteiger partial charge is 0.496 e. The molecule has 0 radical (unpaired) electrons. The fraction of sp³-hybridized carbons (Fsp3) is 0.405. The summed E-state index contributed by atoms with van der Waals surface area (Å²) in [7, 11) is 1.54. The SMILES string of the molecule is COc1ccccc1C(=O)NC1CCN(C(=O)[C@H]2CC[C@@](C(=O)N[C@@H](CCCCN)C(=O)O)(c3ccccc3)c3ccccc32)CC1. The molecule has 1 fully saturated rings. The molecular weight excluding hydrogens is 596 g/mol. The third-order valence-corrected chi connectivity index (χ3v) is 9.60. The lowest BCUT2D eigenvalue weighted by molar-refractivity contribution is -0.143. The van der Waals surface area contributed by atoms with Gasteiger partial charge in [0, 0.05) is 19.1 Å². The summed E-state index contributed by atoms with van der Waals surface area (Å²) in [4.78, 5) is 55.4. The van der Waals surface area contributed by atoms with Crippen LogP contribution in [0.15, 0.2) is 78.9 Å². The van der Waals surface area contributed by atoms with Crippen molar-refractivity contribution in [3.05, 3.63) is 101 Å². The van der Waals surface area contributed by atoms with Crippen molar-refractivity contribution in [2.45, 2.75) is 68.4 Å². The summed E-state index contributed by atoms with van der Waals surface area (Å²) < 4.78 is 5.34. The average Bonchev–Trinajstić information content (AvgIpc) is 3.11. The Morgan fingerprint density at radius 1 is 0.936 bits per heavy atom. The van der Waals surface area contributed by atoms with Gasteiger partial charge in [-0.05, 0) is 80.3 Å². The van der Waals surface area contributed by atoms with Crippen molar-refractivity contribution in [1.82, 2.24) is 15.5 Å². The zero-order valence-corrected chi connectivity index (χ0v) is 26.8. The van der Waals surface area contributed by atoms with Crippen LogP contribution < -0.4 is 21.1 Å². The van der Waals surface area contributed by atoms with Crippen molar-refractivity contribution in [3.63, 3.8) is 0 Å². The molecule has 5 rings (SSSR count). The molecule has 3 amide bonds. The highest BCUT2D eigenvalue weighted by Crippen LogP contribution is 2.48. The Balaban J connectivity index is 1.35. The zero-order valence-electron chi connectivity index (χ0n) is 26.8. The number of rotatable bonds is 12. The second-order valence-electron chi connectivity index (χ2n) is 12.4. The lowest BCUT2D eigenvalue weighted by atomic mass is 9.62. The van der Waals surface area contributed by atoms with Gasteiger partial charge in [0.2, 0.25) is 11.8 Å². The molecule has 3 atom stereocenters. The number of aliphatic carboxylic acids is 1. The molecule has 1 aliphatic carbocycles. The van der Waals surface area contributed by atoms with Crippen LogP contribution in [-0.4, -0.2) is 72.5 Å². The molecule has 3 aromatic carbocycles. The number of hydrogen-bond donors (Lipinski definition) is 4. The zero-order chi connectivity index (χ0) is 33.4. The minimum Gasteiger partial charge on any atom is -0.496 e. The number of nitrogens with zero attached hydrogens (tertiary/aromatic N) is 1. The third kappa shape index (κ3) is 7.17. The van der Waals surface area contributed by atoms with Gasteiger partial charge in [0.15, 0.2) is 0 Å². The molecule has 0 bridgehead atoms. The molecule has 10 heteroatoms. The van der Waals surface area contributed by atoms with Crippen LogP contribution in [-0.2, 0) is 19.8 Å². The predicted octanol–water partition coefficient (Wildman–Crippen LogP) is 3.98. The number of likely N-dealkylation sites (tertiary alicyclic amines) is 1. The van der Waals surface area contributed by atoms with E-state index in [1.165, 1.54) is 7.11 Å². The van der Waals surface area contributed by atoms with E-state index in [9.17, 15) is 24.3 Å². The van der Waals surface area contributed by atoms with Gasteiger partial charge < -0.3 is 31.1 Å². The molecule has 248 valence electrons. The fourth-order valence-corrected chi connectivity index (χ4v) is 7.08. The average molecular weight is 641 g/mol. The second kappa shape index (κ2) is 15.3. The highest BCUT2D eigenvalue weighted by molar-refractivity contribution is 5.98. The molecular formula is C37H44N4O6. The molecule has 0 aromatic heterocycles. The van der Waals surface area contributed by atoms with Gasteiger partial charge in [0.1, 0.15) is 11.8 Å². The first-order valence-corrected chi connectivity index (χ1v) is 16.4. The number of fused-ring (bicyclic) bond motifs is 1. The van der Waals surface area contributed by atoms with E-state index in [1.807, 2.05) is 65.6 Å². The van der Waals surface area contributed by atoms with Crippen molar-refractivity contribution in [1.29, 1.82) is 0 Å². The smallest absolute Gasteiger partial charge is 0.326 e. The van der Waals surface area contributed by atoms with Crippen LogP contribution in [0, 0.1) is 0 Å². The van der Waals surface area contributed by atoms with Gasteiger partial charge in [-0.3, -0.25) is 14.4 Å². The van der Waals surface area contributed by atoms with Crippen molar-refractivity contribution in [2.24, 2.45) is 5.73 Å². The number of amides is 3. The first-order chi connectivity index (χ1) is 22.8. The number of piperidine rings is 1. The van der Waals surface area contributed by atoms with Gasteiger partial charge >= 0.3 is 5.97 Å². The van der Waals surface area contributed by atoms with E-state index in [4.69, 9.17) is 10.5 Å². The van der Waals surface area contributed by atoms with E-state index in [2.05, 4.69) is 10.6 Å². The highest BCUT2D eigenvalue weighted by atomic mass is 16.5. The van der Waals surface area contributed by atoms with Gasteiger partial charge in [0.25, 0.3) is 5.91 Å². The fourth-order valence-electron chi connectivity index (χ4n) is 7.08. The quantitative estimate of drug-likeness (QED) is 0.219. The summed E-state index contributed by atoms with van der Waals surface area (Å²) in [5.41, 5.74) is 7.20. The summed E-state index contributed by atoms with van der Waals surface area (Å²) in [6.07, 6.45) is 3.54. The van der Waals surface area contributed by atoms with Crippen LogP contribution >= 0.6 is 0 Å². The number of carboxylic acids is 1. The number of carboxylic acid groups (broad SMARTS) is 1. The number of carbonyl (C=O) groups is 4. The number of nitrogens with one attached hydrogen (secondary N) is 2. The Morgan fingerprint density at radius 2 is 1.62 bits per heavy atom. The Hall–Kier alpha value is -4.70. The molecule has 47 heavy (non-hydrogen) atoms. The number of hydrogen-bond acceptors (Lipinski definition) is 6. The van der Waals surface area contributed by atoms with E-state index in [1.54, 1.807) is 18.2 Å². The Kier molecular flexibility index (Phi) is 10.9. The number of methoxy groups -OCH3 is 1. The first kappa shape index (κ1) is 33.7. The number of unbranched alkanes of at least 4 members (excludes halogenated alkanes) is 1. The predicted molar refractivity (Wildman–Crippen MR) is 178 cm³/mol. The van der Waals surface area contributed by atoms with Crippen LogP contribution in [0.4, 0.5) is 0 Å². The topological polar surface area (TPSA) is 151 Å². The van der Waals surface area contributed by atoms with Gasteiger partial charge in [-0.1, -0.05) is 66.7 Å². The van der Waals surface area contributed by atoms with Gasteiger partial charge in [-0.25, -0.2) is 4.79 Å². The van der Waals surface area contributed by atoms with E-state index < -0.39 is 23.3 Å². The van der Waals surface area contributed by atoms with E-state index in [0.717, 1.165) is 16.7 Å². The van der Waals surface area contributed by atoms with Crippen LogP contribution in [0.3, 0.4) is 0 Å². The molecule has 0 spiro atoms. The maximum atomic E-state index is 14.3. The monoisotopic (exact) mass is 640 g/mol. The minimum atomic E-state index is -1.16. The molecule has 1 heterocycles. The molecule has 2 aliphatic rings. The van der Waals surface area contributed by atoms with Crippen LogP contribution in [0.2, 0.25) is 0 Å². The normalized spacial score (nSPS) is 20.0. The summed E-state index contributed by atoms with van der Waals surface area (Å²) in [5, 5.41) is 15.9. The molecule has 1 aliphatic heterocycles. The standard InChI is InChI=1S/C37H44N4O6/c1-47-32-17-8-6-14-29(32)33(42)39-26-19-23-41(24-20-26)34(43)28-18-21-37(25-11-3-2-4-12-25,30-15-7-5-13-27(28)30)36(46)40-31(35(44)45)16-9-10-22-38/h2-8,11-15,17,26,28,31H,9-10,16,18-24,38H2,1H3,(H,39,42)(H,40,46)(H,44,45)/t28-,31-,37+/m0/s1. The number of para-hydroxylation sites is 1. The lowest BCUT2D eigenvalue weighted by Gasteiger charge is -2.43. The van der Waals surface area contributed by atoms with E-state index in [0.29, 0.717) is 69.5 Å². The molecule has 3 aromatic rings. The van der Waals surface area contributed by atoms with Crippen molar-refractivity contribution >= 4 is 23.7 Å². The third-order valence-electron chi connectivity index (χ3n) is 9.60. The Labute approximate surface area is 275 Å². The lowest BCUT2D eigenvalue weighted by Crippen LogP contribution is -2.54. The van der Waals surface area contributed by atoms with Gasteiger partial charge in [-0.2, -0.15) is 0 Å². The Bertz CT molecular complexity index is 1570. The minimum absolute atomic E-state index is 0.000720. The van der Waals surface area contributed by atoms with Gasteiger partial charge in [0.05, 0.1) is 24.0 Å². The van der Waals surface area contributed by atoms with E-state index >= 15 is 0 Å². The van der Waals surface area contributed by atoms with Crippen LogP contribution in [0.1, 0.15) is 77.9 Å². The summed E-state index contributed by atoms with van der Waals surface area (Å²) in [6, 6.07) is 22.9. The maximum absolute atomic E-state index is 14.3. The second-order valence-corrected chi connectivity index (χ2v) is 12.4. The van der Waals surface area contributed by atoms with Crippen LogP contribution in [0.5, 0.6) is 5.75 Å². The summed E-state index contributed by atoms with van der Waals surface area (Å²) >= 11 is 0. The number of ether oxygens (including phenoxy) is 1. The van der Waals surface area contributed by atoms with Crippen LogP contribution in [0.25, 0.3) is 0 Å². The Morgan fingerprint density at radius 3 is 2.32 bits per heavy atom.